The summed E-state index contributed by atoms with van der Waals surface area (Å²) in [6.45, 7) is 3.27. The summed E-state index contributed by atoms with van der Waals surface area (Å²) in [4.78, 5) is 64.8. The van der Waals surface area contributed by atoms with E-state index in [9.17, 15) is 28.0 Å². The van der Waals surface area contributed by atoms with Gasteiger partial charge in [-0.1, -0.05) is 13.8 Å². The standard InChI is InChI=1S/C45H53F6N7O4/c1-5-23(2)41(60)55-38(26-8-9-26)43(62)58-22-45(50,51)19-30(58)20-56-36-13-11-28(47)15-35(36)54-40(56)39-33(31-12-10-27(46)14-34(31)53-39)16-29-18-44(48,49)21-57(29)42(61)32(25-6-7-25)17-37(59)24(3)52-4/h10-15,23-26,29-30,32,38,52-53H,5-9,16-22H2,1-4H3,(H,55,60)/t23-,24+,29-,30+,32+,38+/m1/s1. The second kappa shape index (κ2) is 16.6. The van der Waals surface area contributed by atoms with Gasteiger partial charge in [-0.05, 0) is 100 Å². The molecule has 8 rings (SSSR count). The average molecular weight is 870 g/mol. The SMILES string of the molecule is CC[C@@H](C)C(=O)N[C@H](C(=O)N1CC(F)(F)C[C@H]1Cn1c(-c2[nH]c3cc(F)ccc3c2C[C@@H]2CC(F)(F)CN2C(=O)[C@@H](CC(=O)[C@H](C)NC)C2CC2)nc2cc(F)ccc21)C1CC1. The van der Waals surface area contributed by atoms with Crippen molar-refractivity contribution < 1.29 is 45.5 Å². The molecule has 2 aliphatic heterocycles. The molecule has 2 aromatic heterocycles. The third-order valence-corrected chi connectivity index (χ3v) is 13.5. The van der Waals surface area contributed by atoms with Gasteiger partial charge in [-0.2, -0.15) is 0 Å². The van der Waals surface area contributed by atoms with Crippen molar-refractivity contribution in [1.82, 2.24) is 35.0 Å². The number of carbonyl (C=O) groups excluding carboxylic acids is 4. The summed E-state index contributed by atoms with van der Waals surface area (Å²) in [5.41, 5.74) is 1.37. The maximum Gasteiger partial charge on any atom is 0.267 e. The molecule has 0 unspecified atom stereocenters. The molecule has 0 spiro atoms. The molecule has 2 saturated heterocycles. The number of nitrogens with zero attached hydrogens (tertiary/aromatic N) is 4. The molecule has 3 amide bonds. The van der Waals surface area contributed by atoms with E-state index in [1.54, 1.807) is 25.5 Å². The molecule has 4 aromatic rings. The molecule has 4 aliphatic rings. The number of alkyl halides is 4. The first kappa shape index (κ1) is 43.7. The Morgan fingerprint density at radius 1 is 0.871 bits per heavy atom. The van der Waals surface area contributed by atoms with Crippen LogP contribution in [0.3, 0.4) is 0 Å². The summed E-state index contributed by atoms with van der Waals surface area (Å²) in [6.07, 6.45) is 1.59. The van der Waals surface area contributed by atoms with Gasteiger partial charge < -0.3 is 30.0 Å². The Morgan fingerprint density at radius 3 is 2.15 bits per heavy atom. The van der Waals surface area contributed by atoms with Crippen molar-refractivity contribution in [1.29, 1.82) is 0 Å². The Morgan fingerprint density at radius 2 is 1.50 bits per heavy atom. The molecule has 2 aliphatic carbocycles. The number of ketones is 1. The number of aromatic nitrogens is 3. The molecule has 17 heteroatoms. The molecule has 4 fully saturated rings. The number of aromatic amines is 1. The van der Waals surface area contributed by atoms with Crippen molar-refractivity contribution in [3.8, 4) is 11.5 Å². The number of benzene rings is 2. The van der Waals surface area contributed by atoms with Crippen LogP contribution in [0, 0.1) is 35.3 Å². The van der Waals surface area contributed by atoms with E-state index in [4.69, 9.17) is 4.98 Å². The first-order chi connectivity index (χ1) is 29.4. The third kappa shape index (κ3) is 8.82. The lowest BCUT2D eigenvalue weighted by Crippen LogP contribution is -2.53. The number of Topliss-reactive ketones (excluding diaryl/α,β-unsaturated/α-hetero) is 1. The quantitative estimate of drug-likeness (QED) is 0.104. The third-order valence-electron chi connectivity index (χ3n) is 13.5. The van der Waals surface area contributed by atoms with Crippen LogP contribution in [0.25, 0.3) is 33.5 Å². The van der Waals surface area contributed by atoms with Crippen LogP contribution < -0.4 is 10.6 Å². The number of halogens is 6. The summed E-state index contributed by atoms with van der Waals surface area (Å²) < 4.78 is 93.3. The zero-order chi connectivity index (χ0) is 44.4. The Kier molecular flexibility index (Phi) is 11.7. The topological polar surface area (TPSA) is 132 Å². The zero-order valence-electron chi connectivity index (χ0n) is 35.3. The summed E-state index contributed by atoms with van der Waals surface area (Å²) in [7, 11) is 1.63. The smallest absolute Gasteiger partial charge is 0.267 e. The van der Waals surface area contributed by atoms with Crippen LogP contribution in [-0.4, -0.2) is 104 Å². The van der Waals surface area contributed by atoms with Gasteiger partial charge >= 0.3 is 0 Å². The Hall–Kier alpha value is -4.93. The number of nitrogens with one attached hydrogen (secondary N) is 3. The molecule has 2 saturated carbocycles. The van der Waals surface area contributed by atoms with Gasteiger partial charge in [0.15, 0.2) is 5.82 Å². The molecule has 4 heterocycles. The number of fused-ring (bicyclic) bond motifs is 2. The molecule has 62 heavy (non-hydrogen) atoms. The first-order valence-corrected chi connectivity index (χ1v) is 21.7. The second-order valence-electron chi connectivity index (χ2n) is 18.2. The highest BCUT2D eigenvalue weighted by atomic mass is 19.3. The Bertz CT molecular complexity index is 2230. The Labute approximate surface area is 355 Å². The van der Waals surface area contributed by atoms with Crippen molar-refractivity contribution in [3.63, 3.8) is 0 Å². The molecule has 11 nitrogen and oxygen atoms in total. The van der Waals surface area contributed by atoms with Crippen LogP contribution >= 0.6 is 0 Å². The van der Waals surface area contributed by atoms with E-state index < -0.39 is 97.2 Å². The number of H-pyrrole nitrogens is 1. The molecular weight excluding hydrogens is 817 g/mol. The molecule has 3 N–H and O–H groups in total. The van der Waals surface area contributed by atoms with Crippen LogP contribution in [-0.2, 0) is 32.1 Å². The van der Waals surface area contributed by atoms with Crippen LogP contribution in [0.5, 0.6) is 0 Å². The van der Waals surface area contributed by atoms with Gasteiger partial charge in [0, 0.05) is 60.7 Å². The predicted octanol–water partition coefficient (Wildman–Crippen LogP) is 7.01. The van der Waals surface area contributed by atoms with E-state index in [1.807, 2.05) is 6.92 Å². The van der Waals surface area contributed by atoms with Gasteiger partial charge in [0.2, 0.25) is 17.7 Å². The van der Waals surface area contributed by atoms with Crippen LogP contribution in [0.2, 0.25) is 0 Å². The highest BCUT2D eigenvalue weighted by molar-refractivity contribution is 5.93. The van der Waals surface area contributed by atoms with E-state index in [2.05, 4.69) is 15.6 Å². The predicted molar refractivity (Wildman–Crippen MR) is 219 cm³/mol. The minimum atomic E-state index is -3.28. The van der Waals surface area contributed by atoms with Crippen LogP contribution in [0.1, 0.15) is 77.7 Å². The molecule has 2 aromatic carbocycles. The number of carbonyl (C=O) groups is 4. The van der Waals surface area contributed by atoms with Crippen LogP contribution in [0.15, 0.2) is 36.4 Å². The largest absolute Gasteiger partial charge is 0.352 e. The summed E-state index contributed by atoms with van der Waals surface area (Å²) in [6, 6.07) is 4.04. The molecule has 0 radical (unpaired) electrons. The normalized spacial score (nSPS) is 22.9. The van der Waals surface area contributed by atoms with Crippen LogP contribution in [0.4, 0.5) is 26.3 Å². The number of likely N-dealkylation sites (tertiary alicyclic amines) is 2. The fourth-order valence-electron chi connectivity index (χ4n) is 9.40. The van der Waals surface area contributed by atoms with Gasteiger partial charge in [-0.25, -0.2) is 31.3 Å². The van der Waals surface area contributed by atoms with Crippen molar-refractivity contribution in [2.45, 2.75) is 121 Å². The first-order valence-electron chi connectivity index (χ1n) is 21.7. The van der Waals surface area contributed by atoms with Crippen molar-refractivity contribution in [2.24, 2.45) is 23.7 Å². The molecule has 334 valence electrons. The number of imidazole rings is 1. The second-order valence-corrected chi connectivity index (χ2v) is 18.2. The summed E-state index contributed by atoms with van der Waals surface area (Å²) in [5.74, 6) is -10.8. The minimum absolute atomic E-state index is 0.0934. The highest BCUT2D eigenvalue weighted by Crippen LogP contribution is 2.45. The Balaban J connectivity index is 1.18. The van der Waals surface area contributed by atoms with E-state index in [1.165, 1.54) is 41.3 Å². The van der Waals surface area contributed by atoms with Gasteiger partial charge in [-0.15, -0.1) is 0 Å². The maximum atomic E-state index is 15.5. The van der Waals surface area contributed by atoms with E-state index >= 15 is 17.6 Å². The number of likely N-dealkylation sites (N-methyl/N-ethyl adjacent to an activating group) is 1. The van der Waals surface area contributed by atoms with E-state index in [0.717, 1.165) is 4.90 Å². The van der Waals surface area contributed by atoms with Crippen molar-refractivity contribution in [2.75, 3.05) is 20.1 Å². The average Bonchev–Trinajstić information content (AvgIpc) is 4.14. The number of hydrogen-bond donors (Lipinski definition) is 3. The lowest BCUT2D eigenvalue weighted by molar-refractivity contribution is -0.141. The van der Waals surface area contributed by atoms with Crippen molar-refractivity contribution >= 4 is 45.4 Å². The lowest BCUT2D eigenvalue weighted by Gasteiger charge is -2.30. The molecule has 6 atom stereocenters. The fourth-order valence-corrected chi connectivity index (χ4v) is 9.40. The fraction of sp³-hybridized carbons (Fsp3) is 0.578. The van der Waals surface area contributed by atoms with Gasteiger partial charge in [0.1, 0.15) is 23.5 Å². The number of hydrogen-bond acceptors (Lipinski definition) is 6. The molecular formula is C45H53F6N7O4. The van der Waals surface area contributed by atoms with E-state index in [0.29, 0.717) is 48.6 Å². The maximum absolute atomic E-state index is 15.5. The van der Waals surface area contributed by atoms with E-state index in [-0.39, 0.29) is 65.5 Å². The monoisotopic (exact) mass is 869 g/mol. The summed E-state index contributed by atoms with van der Waals surface area (Å²) >= 11 is 0. The number of rotatable bonds is 16. The lowest BCUT2D eigenvalue weighted by atomic mass is 9.92. The molecule has 0 bridgehead atoms. The summed E-state index contributed by atoms with van der Waals surface area (Å²) in [5, 5.41) is 6.15. The minimum Gasteiger partial charge on any atom is -0.352 e. The highest BCUT2D eigenvalue weighted by Gasteiger charge is 2.52. The van der Waals surface area contributed by atoms with Crippen molar-refractivity contribution in [3.05, 3.63) is 53.6 Å². The van der Waals surface area contributed by atoms with Gasteiger partial charge in [0.05, 0.1) is 41.9 Å². The van der Waals surface area contributed by atoms with Gasteiger partial charge in [0.25, 0.3) is 11.8 Å². The number of amides is 3. The zero-order valence-corrected chi connectivity index (χ0v) is 35.3. The van der Waals surface area contributed by atoms with Gasteiger partial charge in [-0.3, -0.25) is 19.2 Å².